The van der Waals surface area contributed by atoms with Crippen LogP contribution in [-0.2, 0) is 25.5 Å². The number of hydrogen-bond acceptors (Lipinski definition) is 7. The van der Waals surface area contributed by atoms with Gasteiger partial charge in [-0.3, -0.25) is 9.59 Å². The van der Waals surface area contributed by atoms with Crippen molar-refractivity contribution in [1.29, 1.82) is 0 Å². The van der Waals surface area contributed by atoms with E-state index in [1.807, 2.05) is 6.92 Å². The molecule has 1 unspecified atom stereocenters. The van der Waals surface area contributed by atoms with Crippen LogP contribution in [-0.4, -0.2) is 42.7 Å². The normalized spacial score (nSPS) is 15.8. The van der Waals surface area contributed by atoms with Crippen molar-refractivity contribution in [2.45, 2.75) is 52.9 Å². The zero-order chi connectivity index (χ0) is 21.8. The third kappa shape index (κ3) is 5.69. The molecule has 0 aliphatic carbocycles. The minimum absolute atomic E-state index is 0.144. The summed E-state index contributed by atoms with van der Waals surface area (Å²) < 4.78 is 29.3. The number of hydrogen-bond donors (Lipinski definition) is 2. The van der Waals surface area contributed by atoms with Gasteiger partial charge in [0.05, 0.1) is 11.4 Å². The lowest BCUT2D eigenvalue weighted by molar-refractivity contribution is -0.161. The lowest BCUT2D eigenvalue weighted by atomic mass is 9.72. The summed E-state index contributed by atoms with van der Waals surface area (Å²) in [6.07, 6.45) is 1.09. The Labute approximate surface area is 168 Å². The Bertz CT molecular complexity index is 793. The van der Waals surface area contributed by atoms with Gasteiger partial charge in [0.15, 0.2) is 0 Å². The Morgan fingerprint density at radius 2 is 2.00 bits per heavy atom. The molecule has 1 aliphatic heterocycles. The number of fused-ring (bicyclic) bond motifs is 1. The van der Waals surface area contributed by atoms with Crippen LogP contribution in [0.3, 0.4) is 0 Å². The standard InChI is InChI=1S/C19H25BFNO7/c1-5-6-14(23)22-13-9-11-7-8-12(21)15(16(11)29-20(13)26)17(24)27-10-28-18(25)19(2,3)4/h7-8,13,26H,5-6,9-10H2,1-4H3,(H,22,23). The summed E-state index contributed by atoms with van der Waals surface area (Å²) in [6.45, 7) is 6.07. The van der Waals surface area contributed by atoms with E-state index >= 15 is 0 Å². The number of rotatable bonds is 6. The molecule has 2 rings (SSSR count). The average Bonchev–Trinajstić information content (AvgIpc) is 2.61. The number of ether oxygens (including phenoxy) is 2. The first-order valence-electron chi connectivity index (χ1n) is 9.34. The molecule has 0 saturated heterocycles. The minimum Gasteiger partial charge on any atom is -0.534 e. The zero-order valence-corrected chi connectivity index (χ0v) is 16.9. The van der Waals surface area contributed by atoms with Crippen LogP contribution in [0.4, 0.5) is 4.39 Å². The lowest BCUT2D eigenvalue weighted by Gasteiger charge is -2.29. The first-order chi connectivity index (χ1) is 13.5. The van der Waals surface area contributed by atoms with Gasteiger partial charge in [-0.25, -0.2) is 9.18 Å². The van der Waals surface area contributed by atoms with Gasteiger partial charge in [-0.1, -0.05) is 13.0 Å². The molecule has 0 radical (unpaired) electrons. The van der Waals surface area contributed by atoms with Crippen molar-refractivity contribution < 1.29 is 37.9 Å². The molecule has 158 valence electrons. The number of carbonyl (C=O) groups is 3. The highest BCUT2D eigenvalue weighted by Crippen LogP contribution is 2.32. The van der Waals surface area contributed by atoms with E-state index in [1.165, 1.54) is 6.07 Å². The number of benzene rings is 1. The predicted molar refractivity (Wildman–Crippen MR) is 101 cm³/mol. The summed E-state index contributed by atoms with van der Waals surface area (Å²) in [4.78, 5) is 35.8. The van der Waals surface area contributed by atoms with Gasteiger partial charge in [0.1, 0.15) is 17.1 Å². The Kier molecular flexibility index (Phi) is 7.24. The van der Waals surface area contributed by atoms with Crippen LogP contribution in [0.1, 0.15) is 56.5 Å². The summed E-state index contributed by atoms with van der Waals surface area (Å²) in [5, 5.41) is 12.8. The van der Waals surface area contributed by atoms with Gasteiger partial charge in [-0.15, -0.1) is 0 Å². The number of esters is 2. The SMILES string of the molecule is CCCC(=O)NC1Cc2ccc(F)c(C(=O)OCOC(=O)C(C)(C)C)c2OB1O. The van der Waals surface area contributed by atoms with Crippen LogP contribution in [0.5, 0.6) is 5.75 Å². The second kappa shape index (κ2) is 9.26. The molecule has 0 bridgehead atoms. The maximum absolute atomic E-state index is 14.3. The highest BCUT2D eigenvalue weighted by Gasteiger charge is 2.39. The average molecular weight is 409 g/mol. The fourth-order valence-electron chi connectivity index (χ4n) is 2.68. The van der Waals surface area contributed by atoms with Crippen molar-refractivity contribution in [3.63, 3.8) is 0 Å². The van der Waals surface area contributed by atoms with E-state index in [9.17, 15) is 23.8 Å². The number of carbonyl (C=O) groups excluding carboxylic acids is 3. The summed E-state index contributed by atoms with van der Waals surface area (Å²) >= 11 is 0. The Morgan fingerprint density at radius 1 is 1.31 bits per heavy atom. The molecular formula is C19H25BFNO7. The van der Waals surface area contributed by atoms with Crippen LogP contribution < -0.4 is 9.97 Å². The molecule has 0 saturated carbocycles. The summed E-state index contributed by atoms with van der Waals surface area (Å²) in [5.74, 6) is -3.73. The first-order valence-corrected chi connectivity index (χ1v) is 9.34. The minimum atomic E-state index is -1.46. The molecule has 29 heavy (non-hydrogen) atoms. The number of nitrogens with one attached hydrogen (secondary N) is 1. The van der Waals surface area contributed by atoms with Gasteiger partial charge in [0.2, 0.25) is 12.7 Å². The molecule has 2 N–H and O–H groups in total. The van der Waals surface area contributed by atoms with E-state index in [0.717, 1.165) is 6.07 Å². The number of amides is 1. The summed E-state index contributed by atoms with van der Waals surface area (Å²) in [6, 6.07) is 2.48. The van der Waals surface area contributed by atoms with Crippen LogP contribution in [0, 0.1) is 11.2 Å². The third-order valence-electron chi connectivity index (χ3n) is 4.23. The third-order valence-corrected chi connectivity index (χ3v) is 4.23. The van der Waals surface area contributed by atoms with Crippen molar-refractivity contribution in [3.05, 3.63) is 29.1 Å². The van der Waals surface area contributed by atoms with Crippen molar-refractivity contribution in [1.82, 2.24) is 5.32 Å². The lowest BCUT2D eigenvalue weighted by Crippen LogP contribution is -2.53. The monoisotopic (exact) mass is 409 g/mol. The quantitative estimate of drug-likeness (QED) is 0.419. The Balaban J connectivity index is 2.12. The zero-order valence-electron chi connectivity index (χ0n) is 16.9. The van der Waals surface area contributed by atoms with E-state index in [-0.39, 0.29) is 18.1 Å². The fraction of sp³-hybridized carbons (Fsp3) is 0.526. The Morgan fingerprint density at radius 3 is 2.62 bits per heavy atom. The second-order valence-electron chi connectivity index (χ2n) is 7.78. The molecule has 1 atom stereocenters. The first kappa shape index (κ1) is 22.7. The molecule has 0 aromatic heterocycles. The van der Waals surface area contributed by atoms with E-state index in [1.54, 1.807) is 20.8 Å². The summed E-state index contributed by atoms with van der Waals surface area (Å²) in [5.41, 5.74) is -0.864. The smallest absolute Gasteiger partial charge is 0.534 e. The van der Waals surface area contributed by atoms with E-state index in [4.69, 9.17) is 14.1 Å². The largest absolute Gasteiger partial charge is 0.547 e. The van der Waals surface area contributed by atoms with E-state index in [2.05, 4.69) is 5.32 Å². The maximum Gasteiger partial charge on any atom is 0.547 e. The molecule has 1 heterocycles. The summed E-state index contributed by atoms with van der Waals surface area (Å²) in [7, 11) is -1.46. The van der Waals surface area contributed by atoms with Crippen LogP contribution in [0.2, 0.25) is 0 Å². The molecule has 1 aliphatic rings. The predicted octanol–water partition coefficient (Wildman–Crippen LogP) is 1.77. The topological polar surface area (TPSA) is 111 Å². The van der Waals surface area contributed by atoms with E-state index in [0.29, 0.717) is 18.4 Å². The van der Waals surface area contributed by atoms with Gasteiger partial charge in [0.25, 0.3) is 0 Å². The second-order valence-corrected chi connectivity index (χ2v) is 7.78. The van der Waals surface area contributed by atoms with Crippen LogP contribution in [0.15, 0.2) is 12.1 Å². The van der Waals surface area contributed by atoms with Crippen LogP contribution in [0.25, 0.3) is 0 Å². The van der Waals surface area contributed by atoms with E-state index < -0.39 is 48.6 Å². The van der Waals surface area contributed by atoms with Gasteiger partial charge < -0.3 is 24.5 Å². The van der Waals surface area contributed by atoms with Gasteiger partial charge in [-0.2, -0.15) is 0 Å². The highest BCUT2D eigenvalue weighted by atomic mass is 19.1. The van der Waals surface area contributed by atoms with Gasteiger partial charge >= 0.3 is 19.1 Å². The Hall–Kier alpha value is -2.62. The molecule has 10 heteroatoms. The van der Waals surface area contributed by atoms with Crippen molar-refractivity contribution >= 4 is 25.0 Å². The van der Waals surface area contributed by atoms with Crippen molar-refractivity contribution in [2.24, 2.45) is 5.41 Å². The molecule has 0 fully saturated rings. The van der Waals surface area contributed by atoms with Crippen LogP contribution >= 0.6 is 0 Å². The molecule has 0 spiro atoms. The molecule has 8 nitrogen and oxygen atoms in total. The van der Waals surface area contributed by atoms with Gasteiger partial charge in [0, 0.05) is 6.42 Å². The van der Waals surface area contributed by atoms with Crippen molar-refractivity contribution in [3.8, 4) is 5.75 Å². The van der Waals surface area contributed by atoms with Crippen molar-refractivity contribution in [2.75, 3.05) is 6.79 Å². The van der Waals surface area contributed by atoms with Gasteiger partial charge in [-0.05, 0) is 45.2 Å². The number of halogens is 1. The molecule has 1 aromatic carbocycles. The molecule has 1 amide bonds. The molecular weight excluding hydrogens is 384 g/mol. The highest BCUT2D eigenvalue weighted by molar-refractivity contribution is 6.47. The molecule has 1 aromatic rings. The maximum atomic E-state index is 14.3. The fourth-order valence-corrected chi connectivity index (χ4v) is 2.68.